The van der Waals surface area contributed by atoms with Crippen molar-refractivity contribution in [1.29, 1.82) is 0 Å². The number of rotatable bonds is 4. The number of carbonyl (C=O) groups is 1. The summed E-state index contributed by atoms with van der Waals surface area (Å²) in [5.41, 5.74) is 7.27. The van der Waals surface area contributed by atoms with Crippen molar-refractivity contribution < 1.29 is 4.79 Å². The van der Waals surface area contributed by atoms with Gasteiger partial charge in [-0.25, -0.2) is 4.98 Å². The van der Waals surface area contributed by atoms with Crippen molar-refractivity contribution in [2.45, 2.75) is 39.5 Å². The van der Waals surface area contributed by atoms with Gasteiger partial charge in [0.05, 0.1) is 11.4 Å². The molecule has 18 heavy (non-hydrogen) atoms. The normalized spacial score (nSPS) is 17.1. The molecule has 1 aliphatic carbocycles. The number of amides is 1. The van der Waals surface area contributed by atoms with Gasteiger partial charge in [0, 0.05) is 6.42 Å². The van der Waals surface area contributed by atoms with E-state index in [1.807, 2.05) is 13.8 Å². The van der Waals surface area contributed by atoms with Crippen molar-refractivity contribution in [2.75, 3.05) is 11.9 Å². The zero-order valence-corrected chi connectivity index (χ0v) is 10.9. The van der Waals surface area contributed by atoms with Crippen LogP contribution in [0.4, 0.5) is 5.95 Å². The van der Waals surface area contributed by atoms with Crippen LogP contribution in [0.5, 0.6) is 0 Å². The number of hydrogen-bond acceptors (Lipinski definition) is 5. The minimum atomic E-state index is -0.0785. The van der Waals surface area contributed by atoms with Gasteiger partial charge in [-0.1, -0.05) is 6.42 Å². The Bertz CT molecular complexity index is 450. The lowest BCUT2D eigenvalue weighted by atomic mass is 9.66. The maximum Gasteiger partial charge on any atom is 0.249 e. The monoisotopic (exact) mass is 249 g/mol. The molecule has 0 radical (unpaired) electrons. The van der Waals surface area contributed by atoms with E-state index in [0.717, 1.165) is 30.7 Å². The number of hydrogen-bond donors (Lipinski definition) is 2. The third kappa shape index (κ3) is 2.64. The maximum atomic E-state index is 11.9. The van der Waals surface area contributed by atoms with Gasteiger partial charge >= 0.3 is 0 Å². The molecule has 0 bridgehead atoms. The molecular formula is C12H19N5O. The Kier molecular flexibility index (Phi) is 3.56. The van der Waals surface area contributed by atoms with Crippen LogP contribution in [-0.4, -0.2) is 27.6 Å². The second-order valence-electron chi connectivity index (χ2n) is 5.09. The summed E-state index contributed by atoms with van der Waals surface area (Å²) in [6.07, 6.45) is 3.66. The van der Waals surface area contributed by atoms with E-state index in [2.05, 4.69) is 20.5 Å². The molecule has 1 fully saturated rings. The predicted molar refractivity (Wildman–Crippen MR) is 67.9 cm³/mol. The highest BCUT2D eigenvalue weighted by Gasteiger charge is 2.37. The molecule has 1 amide bonds. The molecule has 0 atom stereocenters. The Morgan fingerprint density at radius 2 is 2.06 bits per heavy atom. The van der Waals surface area contributed by atoms with E-state index in [-0.39, 0.29) is 17.3 Å². The summed E-state index contributed by atoms with van der Waals surface area (Å²) in [5.74, 6) is 0.194. The summed E-state index contributed by atoms with van der Waals surface area (Å²) in [5, 5.41) is 10.5. The van der Waals surface area contributed by atoms with Crippen LogP contribution in [0, 0.1) is 19.3 Å². The van der Waals surface area contributed by atoms with E-state index < -0.39 is 0 Å². The number of nitrogens with zero attached hydrogens (tertiary/aromatic N) is 3. The summed E-state index contributed by atoms with van der Waals surface area (Å²) in [6.45, 7) is 4.23. The SMILES string of the molecule is Cc1nnc(NC(=O)CC2(CN)CCC2)nc1C. The number of nitrogens with two attached hydrogens (primary N) is 1. The molecule has 2 rings (SSSR count). The third-order valence-corrected chi connectivity index (χ3v) is 3.73. The lowest BCUT2D eigenvalue weighted by Crippen LogP contribution is -2.40. The van der Waals surface area contributed by atoms with Crippen molar-refractivity contribution in [2.24, 2.45) is 11.1 Å². The fraction of sp³-hybridized carbons (Fsp3) is 0.667. The van der Waals surface area contributed by atoms with E-state index in [9.17, 15) is 4.79 Å². The van der Waals surface area contributed by atoms with Gasteiger partial charge in [-0.3, -0.25) is 10.1 Å². The van der Waals surface area contributed by atoms with Crippen molar-refractivity contribution in [1.82, 2.24) is 15.2 Å². The van der Waals surface area contributed by atoms with Gasteiger partial charge in [0.1, 0.15) is 0 Å². The highest BCUT2D eigenvalue weighted by molar-refractivity contribution is 5.89. The number of carbonyl (C=O) groups excluding carboxylic acids is 1. The van der Waals surface area contributed by atoms with Crippen molar-refractivity contribution in [3.8, 4) is 0 Å². The first-order chi connectivity index (χ1) is 8.54. The molecule has 0 saturated heterocycles. The molecule has 1 aromatic heterocycles. The lowest BCUT2D eigenvalue weighted by molar-refractivity contribution is -0.119. The summed E-state index contributed by atoms with van der Waals surface area (Å²) in [6, 6.07) is 0. The minimum absolute atomic E-state index is 0.00272. The molecule has 1 heterocycles. The van der Waals surface area contributed by atoms with Gasteiger partial charge in [0.25, 0.3) is 0 Å². The van der Waals surface area contributed by atoms with Crippen LogP contribution < -0.4 is 11.1 Å². The Labute approximate surface area is 106 Å². The molecule has 6 nitrogen and oxygen atoms in total. The van der Waals surface area contributed by atoms with E-state index >= 15 is 0 Å². The first-order valence-electron chi connectivity index (χ1n) is 6.22. The van der Waals surface area contributed by atoms with E-state index in [1.165, 1.54) is 0 Å². The van der Waals surface area contributed by atoms with Crippen LogP contribution in [0.2, 0.25) is 0 Å². The molecule has 0 spiro atoms. The molecule has 1 aromatic rings. The fourth-order valence-corrected chi connectivity index (χ4v) is 2.15. The third-order valence-electron chi connectivity index (χ3n) is 3.73. The summed E-state index contributed by atoms with van der Waals surface area (Å²) >= 11 is 0. The molecular weight excluding hydrogens is 230 g/mol. The highest BCUT2D eigenvalue weighted by Crippen LogP contribution is 2.42. The van der Waals surface area contributed by atoms with E-state index in [0.29, 0.717) is 13.0 Å². The van der Waals surface area contributed by atoms with Crippen LogP contribution in [0.1, 0.15) is 37.1 Å². The van der Waals surface area contributed by atoms with Crippen LogP contribution in [0.15, 0.2) is 0 Å². The van der Waals surface area contributed by atoms with Gasteiger partial charge < -0.3 is 5.73 Å². The summed E-state index contributed by atoms with van der Waals surface area (Å²) in [4.78, 5) is 16.1. The molecule has 3 N–H and O–H groups in total. The average molecular weight is 249 g/mol. The second kappa shape index (κ2) is 4.97. The van der Waals surface area contributed by atoms with Gasteiger partial charge in [-0.05, 0) is 38.6 Å². The number of aromatic nitrogens is 3. The van der Waals surface area contributed by atoms with E-state index in [1.54, 1.807) is 0 Å². The van der Waals surface area contributed by atoms with Gasteiger partial charge in [-0.2, -0.15) is 5.10 Å². The molecule has 6 heteroatoms. The van der Waals surface area contributed by atoms with Crippen LogP contribution in [-0.2, 0) is 4.79 Å². The second-order valence-corrected chi connectivity index (χ2v) is 5.09. The predicted octanol–water partition coefficient (Wildman–Crippen LogP) is 0.946. The first-order valence-corrected chi connectivity index (χ1v) is 6.22. The lowest BCUT2D eigenvalue weighted by Gasteiger charge is -2.40. The number of nitrogens with one attached hydrogen (secondary N) is 1. The summed E-state index contributed by atoms with van der Waals surface area (Å²) < 4.78 is 0. The molecule has 98 valence electrons. The fourth-order valence-electron chi connectivity index (χ4n) is 2.15. The Balaban J connectivity index is 1.96. The Hall–Kier alpha value is -1.56. The molecule has 0 aliphatic heterocycles. The molecule has 1 aliphatic rings. The molecule has 1 saturated carbocycles. The molecule has 0 aromatic carbocycles. The first kappa shape index (κ1) is 12.9. The van der Waals surface area contributed by atoms with Crippen LogP contribution in [0.3, 0.4) is 0 Å². The van der Waals surface area contributed by atoms with Crippen LogP contribution >= 0.6 is 0 Å². The standard InChI is InChI=1S/C12H19N5O/c1-8-9(2)16-17-11(14-8)15-10(18)6-12(7-13)4-3-5-12/h3-7,13H2,1-2H3,(H,14,15,17,18). The quantitative estimate of drug-likeness (QED) is 0.828. The maximum absolute atomic E-state index is 11.9. The Morgan fingerprint density at radius 3 is 2.56 bits per heavy atom. The van der Waals surface area contributed by atoms with Gasteiger partial charge in [-0.15, -0.1) is 5.10 Å². The smallest absolute Gasteiger partial charge is 0.249 e. The molecule has 0 unspecified atom stereocenters. The largest absolute Gasteiger partial charge is 0.330 e. The van der Waals surface area contributed by atoms with Crippen molar-refractivity contribution in [3.63, 3.8) is 0 Å². The zero-order chi connectivity index (χ0) is 13.2. The Morgan fingerprint density at radius 1 is 1.33 bits per heavy atom. The number of aryl methyl sites for hydroxylation is 2. The van der Waals surface area contributed by atoms with E-state index in [4.69, 9.17) is 5.73 Å². The average Bonchev–Trinajstić information content (AvgIpc) is 2.29. The topological polar surface area (TPSA) is 93.8 Å². The van der Waals surface area contributed by atoms with Crippen LogP contribution in [0.25, 0.3) is 0 Å². The van der Waals surface area contributed by atoms with Crippen molar-refractivity contribution >= 4 is 11.9 Å². The minimum Gasteiger partial charge on any atom is -0.330 e. The van der Waals surface area contributed by atoms with Gasteiger partial charge in [0.2, 0.25) is 11.9 Å². The highest BCUT2D eigenvalue weighted by atomic mass is 16.1. The number of anilines is 1. The zero-order valence-electron chi connectivity index (χ0n) is 10.9. The van der Waals surface area contributed by atoms with Crippen molar-refractivity contribution in [3.05, 3.63) is 11.4 Å². The summed E-state index contributed by atoms with van der Waals surface area (Å²) in [7, 11) is 0. The van der Waals surface area contributed by atoms with Gasteiger partial charge in [0.15, 0.2) is 0 Å².